The van der Waals surface area contributed by atoms with Crippen LogP contribution in [0, 0.1) is 17.2 Å². The van der Waals surface area contributed by atoms with Gasteiger partial charge in [-0.25, -0.2) is 4.39 Å². The summed E-state index contributed by atoms with van der Waals surface area (Å²) in [4.78, 5) is 0. The SMILES string of the molecule is CC1(CNC(c2ccc(F)cc2)C2CC2)COC1. The smallest absolute Gasteiger partial charge is 0.123 e. The van der Waals surface area contributed by atoms with Crippen LogP contribution >= 0.6 is 0 Å². The van der Waals surface area contributed by atoms with Crippen LogP contribution in [0.15, 0.2) is 24.3 Å². The van der Waals surface area contributed by atoms with Gasteiger partial charge in [-0.05, 0) is 36.5 Å². The molecule has 1 unspecified atom stereocenters. The number of hydrogen-bond donors (Lipinski definition) is 1. The molecule has 1 aliphatic heterocycles. The Hall–Kier alpha value is -0.930. The van der Waals surface area contributed by atoms with E-state index in [1.165, 1.54) is 18.4 Å². The van der Waals surface area contributed by atoms with E-state index in [0.29, 0.717) is 6.04 Å². The average molecular weight is 249 g/mol. The molecule has 0 radical (unpaired) electrons. The lowest BCUT2D eigenvalue weighted by Crippen LogP contribution is -2.48. The number of nitrogens with one attached hydrogen (secondary N) is 1. The second-order valence-electron chi connectivity index (χ2n) is 6.05. The van der Waals surface area contributed by atoms with Gasteiger partial charge in [-0.3, -0.25) is 0 Å². The van der Waals surface area contributed by atoms with E-state index < -0.39 is 0 Å². The molecule has 98 valence electrons. The van der Waals surface area contributed by atoms with Crippen LogP contribution in [0.2, 0.25) is 0 Å². The molecular formula is C15H20FNO. The minimum Gasteiger partial charge on any atom is -0.380 e. The molecule has 1 aliphatic carbocycles. The first-order chi connectivity index (χ1) is 8.66. The van der Waals surface area contributed by atoms with Gasteiger partial charge in [0.2, 0.25) is 0 Å². The molecule has 1 aromatic carbocycles. The molecule has 0 bridgehead atoms. The Bertz CT molecular complexity index is 409. The van der Waals surface area contributed by atoms with Crippen LogP contribution in [-0.4, -0.2) is 19.8 Å². The van der Waals surface area contributed by atoms with Crippen molar-refractivity contribution in [3.8, 4) is 0 Å². The normalized spacial score (nSPS) is 23.4. The number of hydrogen-bond acceptors (Lipinski definition) is 2. The lowest BCUT2D eigenvalue weighted by Gasteiger charge is -2.39. The third-order valence-electron chi connectivity index (χ3n) is 3.97. The second-order valence-corrected chi connectivity index (χ2v) is 6.05. The van der Waals surface area contributed by atoms with Gasteiger partial charge in [0.05, 0.1) is 13.2 Å². The Balaban J connectivity index is 1.66. The molecule has 2 nitrogen and oxygen atoms in total. The Kier molecular flexibility index (Phi) is 3.12. The highest BCUT2D eigenvalue weighted by molar-refractivity contribution is 5.22. The molecule has 1 saturated heterocycles. The van der Waals surface area contributed by atoms with Crippen molar-refractivity contribution in [1.82, 2.24) is 5.32 Å². The van der Waals surface area contributed by atoms with Crippen LogP contribution in [0.4, 0.5) is 4.39 Å². The molecule has 1 saturated carbocycles. The fourth-order valence-corrected chi connectivity index (χ4v) is 2.57. The molecule has 3 heteroatoms. The second kappa shape index (κ2) is 4.63. The summed E-state index contributed by atoms with van der Waals surface area (Å²) in [5, 5.41) is 3.66. The van der Waals surface area contributed by atoms with Crippen molar-refractivity contribution in [1.29, 1.82) is 0 Å². The van der Waals surface area contributed by atoms with Crippen molar-refractivity contribution in [2.75, 3.05) is 19.8 Å². The summed E-state index contributed by atoms with van der Waals surface area (Å²) in [6.07, 6.45) is 2.56. The summed E-state index contributed by atoms with van der Waals surface area (Å²) in [7, 11) is 0. The van der Waals surface area contributed by atoms with Crippen molar-refractivity contribution >= 4 is 0 Å². The predicted molar refractivity (Wildman–Crippen MR) is 68.8 cm³/mol. The number of halogens is 1. The summed E-state index contributed by atoms with van der Waals surface area (Å²) in [5.74, 6) is 0.563. The van der Waals surface area contributed by atoms with Gasteiger partial charge in [-0.15, -0.1) is 0 Å². The lowest BCUT2D eigenvalue weighted by molar-refractivity contribution is -0.100. The fourth-order valence-electron chi connectivity index (χ4n) is 2.57. The highest BCUT2D eigenvalue weighted by atomic mass is 19.1. The lowest BCUT2D eigenvalue weighted by atomic mass is 9.88. The maximum Gasteiger partial charge on any atom is 0.123 e. The zero-order valence-corrected chi connectivity index (χ0v) is 10.8. The van der Waals surface area contributed by atoms with Crippen LogP contribution in [0.3, 0.4) is 0 Å². The van der Waals surface area contributed by atoms with Gasteiger partial charge in [0.25, 0.3) is 0 Å². The van der Waals surface area contributed by atoms with E-state index in [2.05, 4.69) is 12.2 Å². The van der Waals surface area contributed by atoms with E-state index in [9.17, 15) is 4.39 Å². The average Bonchev–Trinajstić information content (AvgIpc) is 3.14. The maximum absolute atomic E-state index is 13.0. The number of benzene rings is 1. The summed E-state index contributed by atoms with van der Waals surface area (Å²) in [5.41, 5.74) is 1.50. The highest BCUT2D eigenvalue weighted by Crippen LogP contribution is 2.41. The molecule has 1 aromatic rings. The predicted octanol–water partition coefficient (Wildman–Crippen LogP) is 2.90. The Morgan fingerprint density at radius 1 is 1.33 bits per heavy atom. The molecule has 1 N–H and O–H groups in total. The van der Waals surface area contributed by atoms with Gasteiger partial charge >= 0.3 is 0 Å². The first kappa shape index (κ1) is 12.1. The van der Waals surface area contributed by atoms with Gasteiger partial charge < -0.3 is 10.1 Å². The van der Waals surface area contributed by atoms with E-state index in [1.54, 1.807) is 12.1 Å². The van der Waals surface area contributed by atoms with Gasteiger partial charge in [-0.1, -0.05) is 19.1 Å². The standard InChI is InChI=1S/C15H20FNO/c1-15(9-18-10-15)8-17-14(11-2-3-11)12-4-6-13(16)7-5-12/h4-7,11,14,17H,2-3,8-10H2,1H3. The van der Waals surface area contributed by atoms with E-state index in [4.69, 9.17) is 4.74 Å². The molecular weight excluding hydrogens is 229 g/mol. The molecule has 3 rings (SSSR count). The quantitative estimate of drug-likeness (QED) is 0.866. The zero-order chi connectivity index (χ0) is 12.6. The van der Waals surface area contributed by atoms with E-state index >= 15 is 0 Å². The van der Waals surface area contributed by atoms with Gasteiger partial charge in [-0.2, -0.15) is 0 Å². The number of rotatable bonds is 5. The van der Waals surface area contributed by atoms with Gasteiger partial charge in [0.1, 0.15) is 5.82 Å². The Morgan fingerprint density at radius 2 is 2.00 bits per heavy atom. The van der Waals surface area contributed by atoms with Crippen molar-refractivity contribution in [2.24, 2.45) is 11.3 Å². The molecule has 1 atom stereocenters. The molecule has 0 aromatic heterocycles. The van der Waals surface area contributed by atoms with E-state index in [-0.39, 0.29) is 11.2 Å². The molecule has 18 heavy (non-hydrogen) atoms. The maximum atomic E-state index is 13.0. The summed E-state index contributed by atoms with van der Waals surface area (Å²) >= 11 is 0. The minimum atomic E-state index is -0.160. The highest BCUT2D eigenvalue weighted by Gasteiger charge is 2.37. The summed E-state index contributed by atoms with van der Waals surface area (Å²) < 4.78 is 18.2. The van der Waals surface area contributed by atoms with Crippen LogP contribution in [0.1, 0.15) is 31.4 Å². The Morgan fingerprint density at radius 3 is 2.50 bits per heavy atom. The van der Waals surface area contributed by atoms with Crippen molar-refractivity contribution in [2.45, 2.75) is 25.8 Å². The minimum absolute atomic E-state index is 0.160. The first-order valence-electron chi connectivity index (χ1n) is 6.73. The largest absolute Gasteiger partial charge is 0.380 e. The topological polar surface area (TPSA) is 21.3 Å². The molecule has 2 aliphatic rings. The van der Waals surface area contributed by atoms with Crippen molar-refractivity contribution in [3.05, 3.63) is 35.6 Å². The Labute approximate surface area is 108 Å². The van der Waals surface area contributed by atoms with E-state index in [1.807, 2.05) is 12.1 Å². The van der Waals surface area contributed by atoms with Crippen molar-refractivity contribution in [3.63, 3.8) is 0 Å². The first-order valence-corrected chi connectivity index (χ1v) is 6.73. The molecule has 0 spiro atoms. The summed E-state index contributed by atoms with van der Waals surface area (Å²) in [6, 6.07) is 7.31. The van der Waals surface area contributed by atoms with Crippen LogP contribution in [0.25, 0.3) is 0 Å². The van der Waals surface area contributed by atoms with E-state index in [0.717, 1.165) is 25.7 Å². The van der Waals surface area contributed by atoms with Gasteiger partial charge in [0.15, 0.2) is 0 Å². The molecule has 1 heterocycles. The van der Waals surface area contributed by atoms with Crippen LogP contribution in [-0.2, 0) is 4.74 Å². The third kappa shape index (κ3) is 2.57. The fraction of sp³-hybridized carbons (Fsp3) is 0.600. The summed E-state index contributed by atoms with van der Waals surface area (Å²) in [6.45, 7) is 4.92. The third-order valence-corrected chi connectivity index (χ3v) is 3.97. The number of ether oxygens (including phenoxy) is 1. The van der Waals surface area contributed by atoms with Crippen LogP contribution < -0.4 is 5.32 Å². The molecule has 0 amide bonds. The molecule has 2 fully saturated rings. The monoisotopic (exact) mass is 249 g/mol. The zero-order valence-electron chi connectivity index (χ0n) is 10.8. The van der Waals surface area contributed by atoms with Crippen LogP contribution in [0.5, 0.6) is 0 Å². The van der Waals surface area contributed by atoms with Gasteiger partial charge in [0, 0.05) is 18.0 Å². The van der Waals surface area contributed by atoms with Crippen molar-refractivity contribution < 1.29 is 9.13 Å².